The van der Waals surface area contributed by atoms with E-state index in [4.69, 9.17) is 9.97 Å². The van der Waals surface area contributed by atoms with Crippen LogP contribution in [0.15, 0.2) is 183 Å². The van der Waals surface area contributed by atoms with Crippen molar-refractivity contribution in [2.75, 3.05) is 0 Å². The fourth-order valence-electron chi connectivity index (χ4n) is 5.24. The number of rotatable bonds is 6. The molecule has 0 N–H and O–H groups in total. The summed E-state index contributed by atoms with van der Waals surface area (Å²) in [6.45, 7) is 0. The monoisotopic (exact) mass is 855 g/mol. The molecule has 0 bridgehead atoms. The van der Waals surface area contributed by atoms with Crippen molar-refractivity contribution >= 4 is 14.5 Å². The van der Waals surface area contributed by atoms with Crippen molar-refractivity contribution in [3.05, 3.63) is 183 Å². The summed E-state index contributed by atoms with van der Waals surface area (Å²) in [6.07, 6.45) is 7.14. The Labute approximate surface area is 345 Å². The van der Waals surface area contributed by atoms with Crippen LogP contribution in [0.4, 0.5) is 34.5 Å². The Kier molecular flexibility index (Phi) is 16.7. The van der Waals surface area contributed by atoms with Crippen molar-refractivity contribution in [3.8, 4) is 67.8 Å². The van der Waals surface area contributed by atoms with Gasteiger partial charge in [-0.3, -0.25) is 19.9 Å². The van der Waals surface area contributed by atoms with E-state index in [0.29, 0.717) is 0 Å². The first kappa shape index (κ1) is 45.1. The van der Waals surface area contributed by atoms with Gasteiger partial charge in [0, 0.05) is 24.8 Å². The first-order valence-corrected chi connectivity index (χ1v) is 17.4. The van der Waals surface area contributed by atoms with Crippen LogP contribution in [0.25, 0.3) is 67.8 Å². The zero-order valence-corrected chi connectivity index (χ0v) is 31.4. The molecule has 17 heteroatoms. The van der Waals surface area contributed by atoms with Crippen molar-refractivity contribution < 1.29 is 51.6 Å². The third kappa shape index (κ3) is 15.7. The molecule has 6 heterocycles. The van der Waals surface area contributed by atoms with E-state index in [1.165, 1.54) is 0 Å². The van der Waals surface area contributed by atoms with E-state index < -0.39 is 14.5 Å². The van der Waals surface area contributed by atoms with Crippen LogP contribution < -0.4 is 0 Å². The Bertz CT molecular complexity index is 1980. The number of nitrogens with zero attached hydrogens (tertiary/aromatic N) is 6. The smallest absolute Gasteiger partial charge is 0.418 e. The minimum atomic E-state index is -6.00. The number of halogens is 8. The molecule has 0 aliphatic heterocycles. The van der Waals surface area contributed by atoms with Gasteiger partial charge in [-0.15, -0.1) is 0 Å². The van der Waals surface area contributed by atoms with Crippen LogP contribution in [0, 0.1) is 0 Å². The van der Waals surface area contributed by atoms with E-state index in [-0.39, 0.29) is 17.1 Å². The number of pyridine rings is 6. The minimum absolute atomic E-state index is 0. The summed E-state index contributed by atoms with van der Waals surface area (Å²) in [5.41, 5.74) is 11.3. The largest absolute Gasteiger partial charge is 2.00 e. The molecule has 2 aromatic carbocycles. The fourth-order valence-corrected chi connectivity index (χ4v) is 5.24. The average Bonchev–Trinajstić information content (AvgIpc) is 3.24. The average molecular weight is 856 g/mol. The third-order valence-electron chi connectivity index (χ3n) is 7.57. The summed E-state index contributed by atoms with van der Waals surface area (Å²) in [5.74, 6) is 0. The maximum absolute atomic E-state index is 9.75. The zero-order chi connectivity index (χ0) is 41.4. The van der Waals surface area contributed by atoms with Gasteiger partial charge in [-0.25, -0.2) is 9.97 Å². The third-order valence-corrected chi connectivity index (χ3v) is 7.57. The van der Waals surface area contributed by atoms with E-state index in [2.05, 4.69) is 68.5 Å². The Morgan fingerprint density at radius 3 is 0.695 bits per heavy atom. The summed E-state index contributed by atoms with van der Waals surface area (Å²) in [7, 11) is -12.0. The summed E-state index contributed by atoms with van der Waals surface area (Å²) >= 11 is 0. The van der Waals surface area contributed by atoms with E-state index >= 15 is 0 Å². The standard InChI is InChI=1S/2C21H15N3.2BF4.Cu/c2*1-2-8-16(9-3-1)17-14-20(18-10-4-6-12-22-18)24-21(15-17)19-11-5-7-13-23-19;2*2-1(3,4)5;/h2*1-15H;;;/q;;2*-1;+2. The predicted molar refractivity (Wildman–Crippen MR) is 213 cm³/mol. The predicted octanol–water partition coefficient (Wildman–Crippen LogP) is 12.3. The van der Waals surface area contributed by atoms with Gasteiger partial charge in [0.1, 0.15) is 0 Å². The van der Waals surface area contributed by atoms with Crippen molar-refractivity contribution in [2.24, 2.45) is 0 Å². The zero-order valence-electron chi connectivity index (χ0n) is 30.5. The second kappa shape index (κ2) is 21.8. The fraction of sp³-hybridized carbons (Fsp3) is 0. The number of benzene rings is 2. The van der Waals surface area contributed by atoms with E-state index in [0.717, 1.165) is 67.8 Å². The van der Waals surface area contributed by atoms with E-state index in [9.17, 15) is 34.5 Å². The number of aromatic nitrogens is 6. The van der Waals surface area contributed by atoms with Gasteiger partial charge in [0.2, 0.25) is 0 Å². The Morgan fingerprint density at radius 1 is 0.271 bits per heavy atom. The van der Waals surface area contributed by atoms with Gasteiger partial charge in [0.15, 0.2) is 0 Å². The van der Waals surface area contributed by atoms with Gasteiger partial charge in [0.25, 0.3) is 0 Å². The molecule has 0 spiro atoms. The van der Waals surface area contributed by atoms with Crippen molar-refractivity contribution in [2.45, 2.75) is 0 Å². The van der Waals surface area contributed by atoms with Gasteiger partial charge in [-0.05, 0) is 95.1 Å². The van der Waals surface area contributed by atoms with E-state index in [1.54, 1.807) is 24.8 Å². The normalized spacial score (nSPS) is 10.6. The van der Waals surface area contributed by atoms with Crippen LogP contribution in [-0.4, -0.2) is 44.4 Å². The molecule has 0 aliphatic carbocycles. The summed E-state index contributed by atoms with van der Waals surface area (Å²) in [6, 6.07) is 52.3. The van der Waals surface area contributed by atoms with Crippen molar-refractivity contribution in [1.82, 2.24) is 29.9 Å². The summed E-state index contributed by atoms with van der Waals surface area (Å²) < 4.78 is 78.0. The number of hydrogen-bond acceptors (Lipinski definition) is 6. The second-order valence-corrected chi connectivity index (χ2v) is 11.8. The Morgan fingerprint density at radius 2 is 0.492 bits per heavy atom. The number of hydrogen-bond donors (Lipinski definition) is 0. The summed E-state index contributed by atoms with van der Waals surface area (Å²) in [5, 5.41) is 0. The maximum Gasteiger partial charge on any atom is 2.00 e. The van der Waals surface area contributed by atoms with E-state index in [1.807, 2.05) is 109 Å². The molecule has 8 rings (SSSR count). The molecular formula is C42H30B2CuF8N6. The quantitative estimate of drug-likeness (QED) is 0.122. The molecule has 6 aromatic heterocycles. The molecule has 0 unspecified atom stereocenters. The Balaban J connectivity index is 0.000000210. The van der Waals surface area contributed by atoms with Crippen LogP contribution in [-0.2, 0) is 17.1 Å². The van der Waals surface area contributed by atoms with Crippen LogP contribution in [0.3, 0.4) is 0 Å². The molecule has 0 amide bonds. The molecule has 301 valence electrons. The topological polar surface area (TPSA) is 77.3 Å². The summed E-state index contributed by atoms with van der Waals surface area (Å²) in [4.78, 5) is 27.3. The van der Waals surface area contributed by atoms with Gasteiger partial charge < -0.3 is 34.5 Å². The van der Waals surface area contributed by atoms with Gasteiger partial charge in [-0.1, -0.05) is 84.9 Å². The minimum Gasteiger partial charge on any atom is -0.418 e. The molecular weight excluding hydrogens is 826 g/mol. The van der Waals surface area contributed by atoms with Gasteiger partial charge >= 0.3 is 31.6 Å². The van der Waals surface area contributed by atoms with Crippen LogP contribution >= 0.6 is 0 Å². The SMILES string of the molecule is F[B-](F)(F)F.F[B-](F)(F)F.[Cu+2].c1ccc(-c2cc(-c3ccccn3)nc(-c3ccccn3)c2)cc1.c1ccc(-c2cc(-c3ccccn3)nc(-c3ccccn3)c2)cc1. The van der Waals surface area contributed by atoms with Crippen molar-refractivity contribution in [3.63, 3.8) is 0 Å². The molecule has 0 atom stereocenters. The molecule has 0 saturated heterocycles. The molecule has 1 radical (unpaired) electrons. The van der Waals surface area contributed by atoms with Crippen molar-refractivity contribution in [1.29, 1.82) is 0 Å². The molecule has 0 fully saturated rings. The molecule has 0 saturated carbocycles. The first-order chi connectivity index (χ1) is 27.8. The molecule has 0 aliphatic rings. The van der Waals surface area contributed by atoms with Crippen LogP contribution in [0.2, 0.25) is 0 Å². The van der Waals surface area contributed by atoms with Crippen LogP contribution in [0.5, 0.6) is 0 Å². The maximum atomic E-state index is 9.75. The first-order valence-electron chi connectivity index (χ1n) is 17.4. The molecule has 59 heavy (non-hydrogen) atoms. The Hall–Kier alpha value is -6.57. The van der Waals surface area contributed by atoms with Crippen LogP contribution in [0.1, 0.15) is 0 Å². The van der Waals surface area contributed by atoms with Gasteiger partial charge in [0.05, 0.1) is 45.6 Å². The van der Waals surface area contributed by atoms with Gasteiger partial charge in [-0.2, -0.15) is 0 Å². The molecule has 8 aromatic rings. The second-order valence-electron chi connectivity index (χ2n) is 11.8. The molecule has 6 nitrogen and oxygen atoms in total.